The van der Waals surface area contributed by atoms with Gasteiger partial charge in [0.05, 0.1) is 6.54 Å². The molecule has 0 saturated carbocycles. The maximum atomic E-state index is 5.79. The molecule has 0 saturated heterocycles. The van der Waals surface area contributed by atoms with Gasteiger partial charge in [0.1, 0.15) is 12.4 Å². The van der Waals surface area contributed by atoms with Crippen molar-refractivity contribution in [2.24, 2.45) is 4.99 Å². The van der Waals surface area contributed by atoms with Crippen molar-refractivity contribution in [1.29, 1.82) is 0 Å². The lowest BCUT2D eigenvalue weighted by molar-refractivity contribution is 0.322. The monoisotopic (exact) mass is 269 g/mol. The van der Waals surface area contributed by atoms with E-state index in [0.29, 0.717) is 18.2 Å². The van der Waals surface area contributed by atoms with E-state index in [1.54, 1.807) is 7.05 Å². The summed E-state index contributed by atoms with van der Waals surface area (Å²) in [5, 5.41) is 7.08. The zero-order valence-electron chi connectivity index (χ0n) is 10.9. The molecule has 0 aliphatic heterocycles. The van der Waals surface area contributed by atoms with Gasteiger partial charge in [0.15, 0.2) is 5.96 Å². The number of nitrogens with one attached hydrogen (secondary N) is 2. The van der Waals surface area contributed by atoms with E-state index in [0.717, 1.165) is 24.7 Å². The highest BCUT2D eigenvalue weighted by atomic mass is 35.5. The number of halogens is 1. The summed E-state index contributed by atoms with van der Waals surface area (Å²) in [7, 11) is 1.76. The van der Waals surface area contributed by atoms with Crippen LogP contribution in [0.25, 0.3) is 0 Å². The Morgan fingerprint density at radius 2 is 1.89 bits per heavy atom. The van der Waals surface area contributed by atoms with Crippen molar-refractivity contribution in [2.75, 3.05) is 26.7 Å². The molecule has 0 bridgehead atoms. The van der Waals surface area contributed by atoms with Gasteiger partial charge in [-0.2, -0.15) is 0 Å². The Labute approximate surface area is 113 Å². The molecule has 4 nitrogen and oxygen atoms in total. The van der Waals surface area contributed by atoms with Gasteiger partial charge in [-0.3, -0.25) is 4.99 Å². The molecular formula is C13H20ClN3O. The standard InChI is InChI=1S/C13H20ClN3O/c1-3-8-16-13(15-2)17-9-10-18-12-6-4-11(14)5-7-12/h4-7H,3,8-10H2,1-2H3,(H2,15,16,17). The second-order valence-corrected chi connectivity index (χ2v) is 4.16. The quantitative estimate of drug-likeness (QED) is 0.473. The number of rotatable bonds is 6. The highest BCUT2D eigenvalue weighted by molar-refractivity contribution is 6.30. The number of hydrogen-bond donors (Lipinski definition) is 2. The molecule has 1 aromatic rings. The van der Waals surface area contributed by atoms with Gasteiger partial charge in [-0.15, -0.1) is 0 Å². The van der Waals surface area contributed by atoms with Crippen molar-refractivity contribution in [3.8, 4) is 5.75 Å². The van der Waals surface area contributed by atoms with E-state index in [2.05, 4.69) is 22.5 Å². The number of hydrogen-bond acceptors (Lipinski definition) is 2. The molecule has 0 aromatic heterocycles. The van der Waals surface area contributed by atoms with Gasteiger partial charge in [0.2, 0.25) is 0 Å². The molecule has 0 radical (unpaired) electrons. The van der Waals surface area contributed by atoms with Crippen LogP contribution in [-0.4, -0.2) is 32.7 Å². The first kappa shape index (κ1) is 14.6. The number of guanidine groups is 1. The summed E-state index contributed by atoms with van der Waals surface area (Å²) < 4.78 is 5.56. The zero-order valence-corrected chi connectivity index (χ0v) is 11.6. The Kier molecular flexibility index (Phi) is 7.03. The summed E-state index contributed by atoms with van der Waals surface area (Å²) in [6, 6.07) is 7.33. The van der Waals surface area contributed by atoms with E-state index in [9.17, 15) is 0 Å². The summed E-state index contributed by atoms with van der Waals surface area (Å²) >= 11 is 5.79. The molecule has 100 valence electrons. The van der Waals surface area contributed by atoms with Crippen molar-refractivity contribution < 1.29 is 4.74 Å². The van der Waals surface area contributed by atoms with Crippen molar-refractivity contribution >= 4 is 17.6 Å². The normalized spacial score (nSPS) is 11.2. The summed E-state index contributed by atoms with van der Waals surface area (Å²) in [6.07, 6.45) is 1.07. The van der Waals surface area contributed by atoms with Crippen molar-refractivity contribution in [1.82, 2.24) is 10.6 Å². The molecule has 0 spiro atoms. The zero-order chi connectivity index (χ0) is 13.2. The van der Waals surface area contributed by atoms with Crippen LogP contribution < -0.4 is 15.4 Å². The van der Waals surface area contributed by atoms with E-state index in [-0.39, 0.29) is 0 Å². The van der Waals surface area contributed by atoms with Crippen molar-refractivity contribution in [3.05, 3.63) is 29.3 Å². The van der Waals surface area contributed by atoms with Crippen LogP contribution in [0, 0.1) is 0 Å². The Morgan fingerprint density at radius 1 is 1.22 bits per heavy atom. The van der Waals surface area contributed by atoms with Crippen LogP contribution in [0.3, 0.4) is 0 Å². The molecule has 0 fully saturated rings. The summed E-state index contributed by atoms with van der Waals surface area (Å²) in [5.74, 6) is 1.62. The van der Waals surface area contributed by atoms with Crippen LogP contribution in [0.4, 0.5) is 0 Å². The van der Waals surface area contributed by atoms with Crippen molar-refractivity contribution in [3.63, 3.8) is 0 Å². The second-order valence-electron chi connectivity index (χ2n) is 3.73. The van der Waals surface area contributed by atoms with Crippen LogP contribution in [-0.2, 0) is 0 Å². The molecule has 0 aliphatic rings. The minimum absolute atomic E-state index is 0.578. The van der Waals surface area contributed by atoms with Gasteiger partial charge in [-0.05, 0) is 30.7 Å². The van der Waals surface area contributed by atoms with Crippen LogP contribution in [0.1, 0.15) is 13.3 Å². The molecule has 0 aliphatic carbocycles. The first-order valence-electron chi connectivity index (χ1n) is 6.09. The van der Waals surface area contributed by atoms with Crippen molar-refractivity contribution in [2.45, 2.75) is 13.3 Å². The Morgan fingerprint density at radius 3 is 2.50 bits per heavy atom. The highest BCUT2D eigenvalue weighted by Crippen LogP contribution is 2.14. The molecule has 0 amide bonds. The van der Waals surface area contributed by atoms with E-state index in [4.69, 9.17) is 16.3 Å². The topological polar surface area (TPSA) is 45.7 Å². The fourth-order valence-corrected chi connectivity index (χ4v) is 1.46. The van der Waals surface area contributed by atoms with Crippen LogP contribution in [0.5, 0.6) is 5.75 Å². The number of nitrogens with zero attached hydrogens (tertiary/aromatic N) is 1. The smallest absolute Gasteiger partial charge is 0.191 e. The fourth-order valence-electron chi connectivity index (χ4n) is 1.33. The lowest BCUT2D eigenvalue weighted by Crippen LogP contribution is -2.39. The third-order valence-corrected chi connectivity index (χ3v) is 2.49. The van der Waals surface area contributed by atoms with Gasteiger partial charge >= 0.3 is 0 Å². The second kappa shape index (κ2) is 8.64. The summed E-state index contributed by atoms with van der Waals surface area (Å²) in [5.41, 5.74) is 0. The Bertz CT molecular complexity index is 365. The first-order chi connectivity index (χ1) is 8.76. The van der Waals surface area contributed by atoms with Gasteiger partial charge in [0.25, 0.3) is 0 Å². The van der Waals surface area contributed by atoms with Crippen LogP contribution in [0.15, 0.2) is 29.3 Å². The van der Waals surface area contributed by atoms with Gasteiger partial charge < -0.3 is 15.4 Å². The number of aliphatic imine (C=N–C) groups is 1. The fraction of sp³-hybridized carbons (Fsp3) is 0.462. The molecule has 1 aromatic carbocycles. The average Bonchev–Trinajstić information content (AvgIpc) is 2.40. The first-order valence-corrected chi connectivity index (χ1v) is 6.47. The van der Waals surface area contributed by atoms with Gasteiger partial charge in [-0.25, -0.2) is 0 Å². The molecule has 0 heterocycles. The van der Waals surface area contributed by atoms with Gasteiger partial charge in [-0.1, -0.05) is 18.5 Å². The predicted molar refractivity (Wildman–Crippen MR) is 76.6 cm³/mol. The summed E-state index contributed by atoms with van der Waals surface area (Å²) in [6.45, 7) is 4.31. The third-order valence-electron chi connectivity index (χ3n) is 2.24. The number of ether oxygens (including phenoxy) is 1. The minimum Gasteiger partial charge on any atom is -0.492 e. The van der Waals surface area contributed by atoms with Gasteiger partial charge in [0, 0.05) is 18.6 Å². The van der Waals surface area contributed by atoms with Crippen LogP contribution >= 0.6 is 11.6 Å². The summed E-state index contributed by atoms with van der Waals surface area (Å²) in [4.78, 5) is 4.10. The average molecular weight is 270 g/mol. The molecule has 5 heteroatoms. The Hall–Kier alpha value is -1.42. The SMILES string of the molecule is CCCNC(=NC)NCCOc1ccc(Cl)cc1. The Balaban J connectivity index is 2.19. The molecule has 1 rings (SSSR count). The number of benzene rings is 1. The molecule has 0 atom stereocenters. The minimum atomic E-state index is 0.578. The maximum Gasteiger partial charge on any atom is 0.191 e. The van der Waals surface area contributed by atoms with E-state index < -0.39 is 0 Å². The molecule has 18 heavy (non-hydrogen) atoms. The highest BCUT2D eigenvalue weighted by Gasteiger charge is 1.96. The van der Waals surface area contributed by atoms with E-state index in [1.807, 2.05) is 24.3 Å². The predicted octanol–water partition coefficient (Wildman–Crippen LogP) is 2.29. The lowest BCUT2D eigenvalue weighted by Gasteiger charge is -2.11. The third kappa shape index (κ3) is 5.77. The lowest BCUT2D eigenvalue weighted by atomic mass is 10.3. The molecular weight excluding hydrogens is 250 g/mol. The largest absolute Gasteiger partial charge is 0.492 e. The molecule has 2 N–H and O–H groups in total. The van der Waals surface area contributed by atoms with E-state index >= 15 is 0 Å². The van der Waals surface area contributed by atoms with Crippen LogP contribution in [0.2, 0.25) is 5.02 Å². The molecule has 0 unspecified atom stereocenters. The maximum absolute atomic E-state index is 5.79. The van der Waals surface area contributed by atoms with E-state index in [1.165, 1.54) is 0 Å².